The number of nitrogens with one attached hydrogen (secondary N) is 1. The molecule has 40 heavy (non-hydrogen) atoms. The molecule has 0 bridgehead atoms. The molecule has 17 heteroatoms. The van der Waals surface area contributed by atoms with Gasteiger partial charge < -0.3 is 16.8 Å². The summed E-state index contributed by atoms with van der Waals surface area (Å²) in [6.07, 6.45) is -6.12. The van der Waals surface area contributed by atoms with Crippen LogP contribution in [0.25, 0.3) is 0 Å². The highest BCUT2D eigenvalue weighted by molar-refractivity contribution is 6.21. The van der Waals surface area contributed by atoms with E-state index in [0.717, 1.165) is 17.1 Å². The zero-order valence-electron chi connectivity index (χ0n) is 21.4. The Bertz CT molecular complexity index is 1340. The van der Waals surface area contributed by atoms with Gasteiger partial charge in [-0.25, -0.2) is 32.3 Å². The van der Waals surface area contributed by atoms with Crippen molar-refractivity contribution in [2.24, 2.45) is 32.4 Å². The highest BCUT2D eigenvalue weighted by Crippen LogP contribution is 2.33. The number of rotatable bonds is 9. The molecule has 0 spiro atoms. The largest absolute Gasteiger partial charge is 0.402 e. The van der Waals surface area contributed by atoms with E-state index in [-0.39, 0.29) is 24.6 Å². The lowest BCUT2D eigenvalue weighted by Gasteiger charge is -2.33. The number of allylic oxidation sites excluding steroid dienone is 1. The fraction of sp³-hybridized carbons (Fsp3) is 0.565. The van der Waals surface area contributed by atoms with Crippen LogP contribution in [0.2, 0.25) is 0 Å². The molecule has 0 saturated heterocycles. The molecule has 11 nitrogen and oxygen atoms in total. The van der Waals surface area contributed by atoms with Crippen molar-refractivity contribution in [3.63, 3.8) is 0 Å². The van der Waals surface area contributed by atoms with Crippen LogP contribution in [0.4, 0.5) is 27.9 Å². The number of nitrogens with two attached hydrogens (primary N) is 2. The molecule has 2 aliphatic rings. The van der Waals surface area contributed by atoms with Crippen molar-refractivity contribution < 1.29 is 22.0 Å². The SMILES string of the molecule is CN=CN=C(N)Cn1c(=O)nc(NC2CC(C=NC=C(F)F)=C(N)CC2Cl)n(CC2C[C@@H](F)C(F)CC2F)c1=O. The van der Waals surface area contributed by atoms with E-state index in [9.17, 15) is 31.5 Å². The maximum atomic E-state index is 14.7. The van der Waals surface area contributed by atoms with Gasteiger partial charge in [0.25, 0.3) is 6.08 Å². The first-order valence-electron chi connectivity index (χ1n) is 12.2. The van der Waals surface area contributed by atoms with E-state index in [1.54, 1.807) is 0 Å². The minimum Gasteiger partial charge on any atom is -0.402 e. The molecule has 1 aromatic heterocycles. The number of aliphatic imine (C=N–C) groups is 3. The number of halogens is 6. The second kappa shape index (κ2) is 13.7. The predicted octanol–water partition coefficient (Wildman–Crippen LogP) is 2.05. The third kappa shape index (κ3) is 7.76. The van der Waals surface area contributed by atoms with Crippen molar-refractivity contribution >= 4 is 35.9 Å². The molecule has 0 aromatic carbocycles. The van der Waals surface area contributed by atoms with Crippen LogP contribution in [-0.4, -0.2) is 69.5 Å². The van der Waals surface area contributed by atoms with Gasteiger partial charge in [-0.1, -0.05) is 0 Å². The summed E-state index contributed by atoms with van der Waals surface area (Å²) in [4.78, 5) is 41.1. The molecular weight excluding hydrogens is 565 g/mol. The van der Waals surface area contributed by atoms with Crippen LogP contribution in [0.15, 0.2) is 48.1 Å². The predicted molar refractivity (Wildman–Crippen MR) is 142 cm³/mol. The summed E-state index contributed by atoms with van der Waals surface area (Å²) in [7, 11) is 1.43. The summed E-state index contributed by atoms with van der Waals surface area (Å²) < 4.78 is 68.9. The van der Waals surface area contributed by atoms with Crippen LogP contribution in [0.1, 0.15) is 25.7 Å². The van der Waals surface area contributed by atoms with Gasteiger partial charge in [-0.05, 0) is 18.4 Å². The third-order valence-electron chi connectivity index (χ3n) is 6.53. The maximum absolute atomic E-state index is 14.7. The van der Waals surface area contributed by atoms with E-state index in [4.69, 9.17) is 23.1 Å². The number of aromatic nitrogens is 3. The monoisotopic (exact) mass is 593 g/mol. The van der Waals surface area contributed by atoms with Crippen molar-refractivity contribution in [3.05, 3.63) is 44.5 Å². The lowest BCUT2D eigenvalue weighted by Crippen LogP contribution is -2.48. The zero-order valence-corrected chi connectivity index (χ0v) is 22.1. The van der Waals surface area contributed by atoms with Gasteiger partial charge in [0.2, 0.25) is 5.95 Å². The number of alkyl halides is 4. The summed E-state index contributed by atoms with van der Waals surface area (Å²) in [5.41, 5.74) is 10.5. The Labute approximate surface area is 230 Å². The van der Waals surface area contributed by atoms with Gasteiger partial charge in [-0.3, -0.25) is 14.6 Å². The molecule has 3 rings (SSSR count). The summed E-state index contributed by atoms with van der Waals surface area (Å²) in [6.45, 7) is -0.915. The van der Waals surface area contributed by atoms with E-state index < -0.39 is 79.2 Å². The summed E-state index contributed by atoms with van der Waals surface area (Å²) in [5.74, 6) is -1.56. The fourth-order valence-electron chi connectivity index (χ4n) is 4.44. The molecule has 0 radical (unpaired) electrons. The van der Waals surface area contributed by atoms with E-state index in [1.165, 1.54) is 7.05 Å². The van der Waals surface area contributed by atoms with E-state index in [2.05, 4.69) is 25.3 Å². The van der Waals surface area contributed by atoms with Crippen LogP contribution < -0.4 is 28.2 Å². The Balaban J connectivity index is 2.00. The first kappa shape index (κ1) is 31.0. The average Bonchev–Trinajstić information content (AvgIpc) is 2.88. The van der Waals surface area contributed by atoms with Gasteiger partial charge in [0, 0.05) is 50.3 Å². The molecule has 1 fully saturated rings. The molecule has 1 saturated carbocycles. The van der Waals surface area contributed by atoms with Crippen molar-refractivity contribution in [2.75, 3.05) is 12.4 Å². The van der Waals surface area contributed by atoms with Gasteiger partial charge in [-0.2, -0.15) is 13.8 Å². The highest BCUT2D eigenvalue weighted by Gasteiger charge is 2.39. The van der Waals surface area contributed by atoms with Gasteiger partial charge in [-0.15, -0.1) is 11.6 Å². The zero-order chi connectivity index (χ0) is 29.6. The Kier molecular flexibility index (Phi) is 10.6. The first-order valence-corrected chi connectivity index (χ1v) is 12.6. The quantitative estimate of drug-likeness (QED) is 0.172. The number of nitrogens with zero attached hydrogens (tertiary/aromatic N) is 6. The molecule has 6 atom stereocenters. The molecule has 2 aliphatic carbocycles. The van der Waals surface area contributed by atoms with Crippen molar-refractivity contribution in [1.29, 1.82) is 0 Å². The van der Waals surface area contributed by atoms with Gasteiger partial charge in [0.05, 0.1) is 18.1 Å². The normalized spacial score (nSPS) is 27.9. The Hall–Kier alpha value is -3.56. The second-order valence-electron chi connectivity index (χ2n) is 9.39. The van der Waals surface area contributed by atoms with Gasteiger partial charge in [0.15, 0.2) is 0 Å². The Morgan fingerprint density at radius 1 is 1.15 bits per heavy atom. The molecular formula is C23H29ClF5N9O2. The molecule has 5 unspecified atom stereocenters. The Morgan fingerprint density at radius 2 is 1.85 bits per heavy atom. The van der Waals surface area contributed by atoms with Crippen LogP contribution in [-0.2, 0) is 13.1 Å². The summed E-state index contributed by atoms with van der Waals surface area (Å²) in [5, 5.41) is 2.19. The summed E-state index contributed by atoms with van der Waals surface area (Å²) in [6, 6.07) is -0.730. The standard InChI is InChI=1S/C23H29ClF5N9O2/c1-32-10-34-20(31)9-38-22(39)36-21(37(23(38)40)8-12-2-15(26)16(27)5-14(12)25)35-18-3-11(6-33-7-19(28)29)17(30)4-13(18)24/h6-7,10,12-16,18H,2-5,8-9,30H2,1H3,(H2,31,32,34)(H,35,36,39)/t12?,13?,14?,15-,16?,18?/m1/s1. The van der Waals surface area contributed by atoms with Crippen molar-refractivity contribution in [1.82, 2.24) is 14.1 Å². The molecule has 0 amide bonds. The van der Waals surface area contributed by atoms with E-state index in [1.807, 2.05) is 0 Å². The van der Waals surface area contributed by atoms with Gasteiger partial charge >= 0.3 is 11.4 Å². The van der Waals surface area contributed by atoms with Crippen molar-refractivity contribution in [2.45, 2.75) is 68.7 Å². The topological polar surface area (TPSA) is 158 Å². The van der Waals surface area contributed by atoms with Crippen LogP contribution >= 0.6 is 11.6 Å². The van der Waals surface area contributed by atoms with Crippen molar-refractivity contribution in [3.8, 4) is 0 Å². The minimum atomic E-state index is -2.01. The number of hydrogen-bond acceptors (Lipinski definition) is 7. The van der Waals surface area contributed by atoms with Gasteiger partial charge in [0.1, 0.15) is 30.7 Å². The van der Waals surface area contributed by atoms with Crippen LogP contribution in [0.3, 0.4) is 0 Å². The Morgan fingerprint density at radius 3 is 2.52 bits per heavy atom. The third-order valence-corrected chi connectivity index (χ3v) is 6.99. The fourth-order valence-corrected chi connectivity index (χ4v) is 4.76. The number of amidine groups is 1. The number of anilines is 1. The van der Waals surface area contributed by atoms with E-state index >= 15 is 0 Å². The first-order chi connectivity index (χ1) is 18.9. The highest BCUT2D eigenvalue weighted by atomic mass is 35.5. The average molecular weight is 594 g/mol. The maximum Gasteiger partial charge on any atom is 0.355 e. The van der Waals surface area contributed by atoms with Crippen LogP contribution in [0, 0.1) is 5.92 Å². The summed E-state index contributed by atoms with van der Waals surface area (Å²) >= 11 is 6.46. The lowest BCUT2D eigenvalue weighted by atomic mass is 9.85. The van der Waals surface area contributed by atoms with E-state index in [0.29, 0.717) is 22.0 Å². The minimum absolute atomic E-state index is 0.0470. The second-order valence-corrected chi connectivity index (χ2v) is 9.95. The van der Waals surface area contributed by atoms with Crippen LogP contribution in [0.5, 0.6) is 0 Å². The molecule has 5 N–H and O–H groups in total. The number of hydrogen-bond donors (Lipinski definition) is 3. The smallest absolute Gasteiger partial charge is 0.355 e. The lowest BCUT2D eigenvalue weighted by molar-refractivity contribution is 0.0249. The molecule has 1 aromatic rings. The molecule has 0 aliphatic heterocycles. The molecule has 220 valence electrons. The molecule has 1 heterocycles.